The van der Waals surface area contributed by atoms with Crippen LogP contribution in [0.1, 0.15) is 0 Å². The van der Waals surface area contributed by atoms with Crippen LogP contribution in [0.25, 0.3) is 22.2 Å². The van der Waals surface area contributed by atoms with E-state index >= 15 is 0 Å². The molecule has 106 valence electrons. The Labute approximate surface area is 130 Å². The first-order valence-electron chi connectivity index (χ1n) is 6.11. The quantitative estimate of drug-likeness (QED) is 0.787. The molecule has 2 N–H and O–H groups in total. The minimum absolute atomic E-state index is 0.00224. The van der Waals surface area contributed by atoms with Crippen molar-refractivity contribution >= 4 is 34.2 Å². The van der Waals surface area contributed by atoms with Crippen LogP contribution < -0.4 is 11.3 Å². The number of hydrogen-bond acceptors (Lipinski definition) is 4. The van der Waals surface area contributed by atoms with E-state index in [2.05, 4.69) is 9.97 Å². The average Bonchev–Trinajstić information content (AvgIpc) is 2.47. The zero-order valence-electron chi connectivity index (χ0n) is 10.8. The van der Waals surface area contributed by atoms with Gasteiger partial charge in [0, 0.05) is 17.1 Å². The second-order valence-corrected chi connectivity index (χ2v) is 5.19. The molecule has 5 nitrogen and oxygen atoms in total. The number of halogens is 2. The van der Waals surface area contributed by atoms with Gasteiger partial charge in [-0.2, -0.15) is 0 Å². The van der Waals surface area contributed by atoms with Crippen molar-refractivity contribution in [3.63, 3.8) is 0 Å². The molecular weight excluding hydrogens is 311 g/mol. The lowest BCUT2D eigenvalue weighted by Gasteiger charge is -2.11. The molecule has 0 saturated heterocycles. The molecule has 0 bridgehead atoms. The van der Waals surface area contributed by atoms with Crippen LogP contribution in [0, 0.1) is 0 Å². The summed E-state index contributed by atoms with van der Waals surface area (Å²) in [6, 6.07) is 6.76. The van der Waals surface area contributed by atoms with E-state index in [0.29, 0.717) is 32.2 Å². The van der Waals surface area contributed by atoms with E-state index in [4.69, 9.17) is 28.9 Å². The van der Waals surface area contributed by atoms with Gasteiger partial charge < -0.3 is 5.73 Å². The molecule has 2 heterocycles. The second-order valence-electron chi connectivity index (χ2n) is 4.37. The highest BCUT2D eigenvalue weighted by molar-refractivity contribution is 6.39. The van der Waals surface area contributed by atoms with E-state index in [-0.39, 0.29) is 12.2 Å². The largest absolute Gasteiger partial charge is 0.313 e. The molecule has 2 aromatic heterocycles. The Morgan fingerprint density at radius 3 is 2.62 bits per heavy atom. The van der Waals surface area contributed by atoms with E-state index in [1.807, 2.05) is 0 Å². The Hall–Kier alpha value is -1.95. The first-order chi connectivity index (χ1) is 10.1. The minimum atomic E-state index is -0.293. The zero-order chi connectivity index (χ0) is 15.0. The lowest BCUT2D eigenvalue weighted by Crippen LogP contribution is -2.26. The number of hydrogen-bond donors (Lipinski definition) is 1. The van der Waals surface area contributed by atoms with Crippen molar-refractivity contribution in [3.05, 3.63) is 57.2 Å². The van der Waals surface area contributed by atoms with E-state index in [1.54, 1.807) is 30.5 Å². The summed E-state index contributed by atoms with van der Waals surface area (Å²) in [5.41, 5.74) is 6.72. The van der Waals surface area contributed by atoms with Gasteiger partial charge in [-0.15, -0.1) is 0 Å². The highest BCUT2D eigenvalue weighted by Gasteiger charge is 2.16. The van der Waals surface area contributed by atoms with Gasteiger partial charge in [-0.3, -0.25) is 9.36 Å². The van der Waals surface area contributed by atoms with Crippen molar-refractivity contribution in [1.29, 1.82) is 0 Å². The van der Waals surface area contributed by atoms with Crippen LogP contribution in [0.2, 0.25) is 10.0 Å². The fraction of sp³-hybridized carbons (Fsp3) is 0.0714. The number of pyridine rings is 1. The van der Waals surface area contributed by atoms with Gasteiger partial charge in [-0.25, -0.2) is 9.97 Å². The summed E-state index contributed by atoms with van der Waals surface area (Å²) in [6.07, 6.45) is 2.98. The molecule has 0 aliphatic rings. The molecule has 3 rings (SSSR count). The van der Waals surface area contributed by atoms with E-state index in [9.17, 15) is 4.79 Å². The summed E-state index contributed by atoms with van der Waals surface area (Å²) in [7, 11) is 0. The molecule has 0 atom stereocenters. The number of fused-ring (bicyclic) bond motifs is 1. The lowest BCUT2D eigenvalue weighted by atomic mass is 10.1. The summed E-state index contributed by atoms with van der Waals surface area (Å²) >= 11 is 12.4. The number of aromatic nitrogens is 3. The molecule has 0 spiro atoms. The molecule has 0 aliphatic heterocycles. The third-order valence-electron chi connectivity index (χ3n) is 3.16. The predicted molar refractivity (Wildman–Crippen MR) is 83.4 cm³/mol. The van der Waals surface area contributed by atoms with Gasteiger partial charge in [0.05, 0.1) is 22.3 Å². The monoisotopic (exact) mass is 320 g/mol. The van der Waals surface area contributed by atoms with Crippen LogP contribution >= 0.6 is 23.2 Å². The maximum Gasteiger partial charge on any atom is 0.261 e. The topological polar surface area (TPSA) is 73.8 Å². The van der Waals surface area contributed by atoms with Crippen LogP contribution in [0.15, 0.2) is 41.6 Å². The normalized spacial score (nSPS) is 11.0. The summed E-state index contributed by atoms with van der Waals surface area (Å²) < 4.78 is 1.37. The third-order valence-corrected chi connectivity index (χ3v) is 3.79. The maximum absolute atomic E-state index is 12.6. The standard InChI is InChI=1S/C14H10Cl2N4O/c15-10-2-1-3-11(16)12(10)9-4-8-5-18-7-19-13(8)20(6-17)14(9)21/h1-5,7H,6,17H2. The lowest BCUT2D eigenvalue weighted by molar-refractivity contribution is 0.722. The highest BCUT2D eigenvalue weighted by Crippen LogP contribution is 2.33. The van der Waals surface area contributed by atoms with Crippen molar-refractivity contribution in [2.24, 2.45) is 5.73 Å². The van der Waals surface area contributed by atoms with Gasteiger partial charge in [-0.05, 0) is 18.2 Å². The number of benzene rings is 1. The fourth-order valence-corrected chi connectivity index (χ4v) is 2.82. The average molecular weight is 321 g/mol. The molecule has 0 unspecified atom stereocenters. The maximum atomic E-state index is 12.6. The summed E-state index contributed by atoms with van der Waals surface area (Å²) in [5.74, 6) is 0. The van der Waals surface area contributed by atoms with Crippen molar-refractivity contribution in [2.45, 2.75) is 6.67 Å². The molecule has 1 aromatic carbocycles. The van der Waals surface area contributed by atoms with Crippen LogP contribution in [-0.4, -0.2) is 14.5 Å². The van der Waals surface area contributed by atoms with Crippen LogP contribution in [0.5, 0.6) is 0 Å². The van der Waals surface area contributed by atoms with Crippen molar-refractivity contribution in [3.8, 4) is 11.1 Å². The van der Waals surface area contributed by atoms with Gasteiger partial charge in [0.25, 0.3) is 5.56 Å². The Balaban J connectivity index is 2.44. The molecule has 0 aliphatic carbocycles. The Bertz CT molecular complexity index is 872. The Kier molecular flexibility index (Phi) is 3.63. The highest BCUT2D eigenvalue weighted by atomic mass is 35.5. The zero-order valence-corrected chi connectivity index (χ0v) is 12.3. The fourth-order valence-electron chi connectivity index (χ4n) is 2.22. The smallest absolute Gasteiger partial charge is 0.261 e. The predicted octanol–water partition coefficient (Wildman–Crippen LogP) is 2.68. The Morgan fingerprint density at radius 2 is 1.95 bits per heavy atom. The van der Waals surface area contributed by atoms with Crippen LogP contribution in [0.3, 0.4) is 0 Å². The van der Waals surface area contributed by atoms with Gasteiger partial charge in [-0.1, -0.05) is 29.3 Å². The summed E-state index contributed by atoms with van der Waals surface area (Å²) in [6.45, 7) is 0.00224. The van der Waals surface area contributed by atoms with E-state index in [0.717, 1.165) is 0 Å². The van der Waals surface area contributed by atoms with E-state index < -0.39 is 0 Å². The van der Waals surface area contributed by atoms with Gasteiger partial charge >= 0.3 is 0 Å². The molecular formula is C14H10Cl2N4O. The number of nitrogens with zero attached hydrogens (tertiary/aromatic N) is 3. The number of rotatable bonds is 2. The third kappa shape index (κ3) is 2.29. The SMILES string of the molecule is NCn1c(=O)c(-c2c(Cl)cccc2Cl)cc2cncnc21. The van der Waals surface area contributed by atoms with Crippen LogP contribution in [-0.2, 0) is 6.67 Å². The minimum Gasteiger partial charge on any atom is -0.313 e. The first kappa shape index (κ1) is 14.0. The van der Waals surface area contributed by atoms with E-state index in [1.165, 1.54) is 10.9 Å². The molecule has 0 amide bonds. The molecule has 0 radical (unpaired) electrons. The molecule has 21 heavy (non-hydrogen) atoms. The van der Waals surface area contributed by atoms with Crippen LogP contribution in [0.4, 0.5) is 0 Å². The summed E-state index contributed by atoms with van der Waals surface area (Å²) in [5, 5.41) is 1.49. The molecule has 0 saturated carbocycles. The van der Waals surface area contributed by atoms with Crippen molar-refractivity contribution < 1.29 is 0 Å². The molecule has 7 heteroatoms. The van der Waals surface area contributed by atoms with Crippen molar-refractivity contribution in [2.75, 3.05) is 0 Å². The van der Waals surface area contributed by atoms with Gasteiger partial charge in [0.1, 0.15) is 12.0 Å². The molecule has 0 fully saturated rings. The molecule has 3 aromatic rings. The number of nitrogens with two attached hydrogens (primary N) is 1. The summed E-state index contributed by atoms with van der Waals surface area (Å²) in [4.78, 5) is 20.7. The van der Waals surface area contributed by atoms with Crippen molar-refractivity contribution in [1.82, 2.24) is 14.5 Å². The van der Waals surface area contributed by atoms with Gasteiger partial charge in [0.2, 0.25) is 0 Å². The first-order valence-corrected chi connectivity index (χ1v) is 6.87. The van der Waals surface area contributed by atoms with Gasteiger partial charge in [0.15, 0.2) is 0 Å². The Morgan fingerprint density at radius 1 is 1.24 bits per heavy atom. The second kappa shape index (κ2) is 5.44.